The summed E-state index contributed by atoms with van der Waals surface area (Å²) in [5.74, 6) is 0.304. The number of para-hydroxylation sites is 1. The second-order valence-electron chi connectivity index (χ2n) is 5.31. The fourth-order valence-electron chi connectivity index (χ4n) is 2.13. The standard InChI is InChI=1S/C20H15BrFNO/c1-14-6-9-17(10-7-14)23-13-15-4-2-3-5-19(15)24-20-11-8-16(21)12-18(20)22/h2-13H,1H3. The van der Waals surface area contributed by atoms with E-state index in [2.05, 4.69) is 20.9 Å². The predicted octanol–water partition coefficient (Wildman–Crippen LogP) is 6.44. The normalized spacial score (nSPS) is 11.0. The number of benzene rings is 3. The number of hydrogen-bond acceptors (Lipinski definition) is 2. The third-order valence-electron chi connectivity index (χ3n) is 3.42. The maximum Gasteiger partial charge on any atom is 0.166 e. The Morgan fingerprint density at radius 2 is 1.71 bits per heavy atom. The Morgan fingerprint density at radius 3 is 2.46 bits per heavy atom. The Morgan fingerprint density at radius 1 is 0.958 bits per heavy atom. The highest BCUT2D eigenvalue weighted by molar-refractivity contribution is 9.10. The van der Waals surface area contributed by atoms with Crippen molar-refractivity contribution in [1.82, 2.24) is 0 Å². The van der Waals surface area contributed by atoms with Crippen molar-refractivity contribution in [3.8, 4) is 11.5 Å². The molecule has 0 saturated carbocycles. The Hall–Kier alpha value is -2.46. The molecule has 0 aliphatic heterocycles. The molecule has 0 aliphatic carbocycles. The average molecular weight is 384 g/mol. The smallest absolute Gasteiger partial charge is 0.166 e. The summed E-state index contributed by atoms with van der Waals surface area (Å²) in [6.45, 7) is 2.03. The minimum atomic E-state index is -0.422. The molecule has 0 aromatic heterocycles. The maximum atomic E-state index is 14.0. The van der Waals surface area contributed by atoms with E-state index in [0.717, 1.165) is 11.3 Å². The van der Waals surface area contributed by atoms with Gasteiger partial charge in [0, 0.05) is 16.3 Å². The molecule has 3 aromatic carbocycles. The summed E-state index contributed by atoms with van der Waals surface area (Å²) >= 11 is 3.24. The molecule has 0 unspecified atom stereocenters. The Balaban J connectivity index is 1.86. The van der Waals surface area contributed by atoms with Crippen LogP contribution >= 0.6 is 15.9 Å². The molecule has 0 saturated heterocycles. The number of aliphatic imine (C=N–C) groups is 1. The molecule has 3 aromatic rings. The van der Waals surface area contributed by atoms with Crippen molar-refractivity contribution in [2.45, 2.75) is 6.92 Å². The molecule has 0 amide bonds. The van der Waals surface area contributed by atoms with Gasteiger partial charge in [0.05, 0.1) is 5.69 Å². The fraction of sp³-hybridized carbons (Fsp3) is 0.0500. The van der Waals surface area contributed by atoms with Crippen molar-refractivity contribution in [3.05, 3.63) is 88.1 Å². The predicted molar refractivity (Wildman–Crippen MR) is 99.0 cm³/mol. The highest BCUT2D eigenvalue weighted by atomic mass is 79.9. The highest BCUT2D eigenvalue weighted by Gasteiger charge is 2.08. The Labute approximate surface area is 148 Å². The van der Waals surface area contributed by atoms with Gasteiger partial charge in [0.2, 0.25) is 0 Å². The molecular formula is C20H15BrFNO. The number of rotatable bonds is 4. The van der Waals surface area contributed by atoms with Gasteiger partial charge in [-0.05, 0) is 49.4 Å². The van der Waals surface area contributed by atoms with Gasteiger partial charge in [-0.3, -0.25) is 4.99 Å². The van der Waals surface area contributed by atoms with E-state index in [9.17, 15) is 4.39 Å². The summed E-state index contributed by atoms with van der Waals surface area (Å²) < 4.78 is 20.4. The fourth-order valence-corrected chi connectivity index (χ4v) is 2.46. The van der Waals surface area contributed by atoms with Crippen LogP contribution in [0.5, 0.6) is 11.5 Å². The van der Waals surface area contributed by atoms with Gasteiger partial charge in [-0.2, -0.15) is 0 Å². The van der Waals surface area contributed by atoms with E-state index in [4.69, 9.17) is 4.74 Å². The van der Waals surface area contributed by atoms with Gasteiger partial charge in [-0.15, -0.1) is 0 Å². The maximum absolute atomic E-state index is 14.0. The lowest BCUT2D eigenvalue weighted by atomic mass is 10.2. The van der Waals surface area contributed by atoms with E-state index < -0.39 is 5.82 Å². The number of halogens is 2. The number of ether oxygens (including phenoxy) is 1. The number of hydrogen-bond donors (Lipinski definition) is 0. The molecule has 0 fully saturated rings. The monoisotopic (exact) mass is 383 g/mol. The van der Waals surface area contributed by atoms with Crippen LogP contribution in [0.4, 0.5) is 10.1 Å². The van der Waals surface area contributed by atoms with Gasteiger partial charge < -0.3 is 4.74 Å². The lowest BCUT2D eigenvalue weighted by Gasteiger charge is -2.09. The molecule has 24 heavy (non-hydrogen) atoms. The second-order valence-corrected chi connectivity index (χ2v) is 6.22. The summed E-state index contributed by atoms with van der Waals surface area (Å²) in [5.41, 5.74) is 2.81. The number of aryl methyl sites for hydroxylation is 1. The van der Waals surface area contributed by atoms with E-state index in [-0.39, 0.29) is 5.75 Å². The molecule has 120 valence electrons. The molecule has 2 nitrogen and oxygen atoms in total. The van der Waals surface area contributed by atoms with Gasteiger partial charge in [0.25, 0.3) is 0 Å². The van der Waals surface area contributed by atoms with E-state index in [1.807, 2.05) is 49.4 Å². The Kier molecular flexibility index (Phi) is 5.06. The van der Waals surface area contributed by atoms with Crippen LogP contribution in [0.1, 0.15) is 11.1 Å². The molecule has 0 radical (unpaired) electrons. The zero-order chi connectivity index (χ0) is 16.9. The van der Waals surface area contributed by atoms with E-state index in [1.165, 1.54) is 11.6 Å². The van der Waals surface area contributed by atoms with Crippen LogP contribution in [0.15, 0.2) is 76.2 Å². The zero-order valence-corrected chi connectivity index (χ0v) is 14.6. The SMILES string of the molecule is Cc1ccc(N=Cc2ccccc2Oc2ccc(Br)cc2F)cc1. The van der Waals surface area contributed by atoms with Crippen LogP contribution in [0.25, 0.3) is 0 Å². The Bertz CT molecular complexity index is 875. The van der Waals surface area contributed by atoms with Gasteiger partial charge in [-0.25, -0.2) is 4.39 Å². The first-order valence-corrected chi connectivity index (χ1v) is 8.24. The zero-order valence-electron chi connectivity index (χ0n) is 13.0. The summed E-state index contributed by atoms with van der Waals surface area (Å²) in [5, 5.41) is 0. The van der Waals surface area contributed by atoms with Crippen molar-refractivity contribution in [2.75, 3.05) is 0 Å². The lowest BCUT2D eigenvalue weighted by Crippen LogP contribution is -1.92. The second kappa shape index (κ2) is 7.41. The molecular weight excluding hydrogens is 369 g/mol. The topological polar surface area (TPSA) is 21.6 Å². The highest BCUT2D eigenvalue weighted by Crippen LogP contribution is 2.28. The molecule has 0 aliphatic rings. The van der Waals surface area contributed by atoms with Crippen LogP contribution in [0.3, 0.4) is 0 Å². The molecule has 0 spiro atoms. The van der Waals surface area contributed by atoms with Crippen LogP contribution in [-0.4, -0.2) is 6.21 Å². The van der Waals surface area contributed by atoms with Crippen LogP contribution in [0, 0.1) is 12.7 Å². The molecule has 4 heteroatoms. The first-order chi connectivity index (χ1) is 11.6. The van der Waals surface area contributed by atoms with Gasteiger partial charge in [-0.1, -0.05) is 45.8 Å². The minimum absolute atomic E-state index is 0.175. The van der Waals surface area contributed by atoms with Crippen molar-refractivity contribution >= 4 is 27.8 Å². The van der Waals surface area contributed by atoms with Gasteiger partial charge in [0.1, 0.15) is 5.75 Å². The summed E-state index contributed by atoms with van der Waals surface area (Å²) in [4.78, 5) is 4.45. The minimum Gasteiger partial charge on any atom is -0.454 e. The lowest BCUT2D eigenvalue weighted by molar-refractivity contribution is 0.441. The first kappa shape index (κ1) is 16.4. The van der Waals surface area contributed by atoms with E-state index >= 15 is 0 Å². The third kappa shape index (κ3) is 4.09. The van der Waals surface area contributed by atoms with Crippen LogP contribution in [0.2, 0.25) is 0 Å². The van der Waals surface area contributed by atoms with Crippen molar-refractivity contribution < 1.29 is 9.13 Å². The van der Waals surface area contributed by atoms with Crippen molar-refractivity contribution in [3.63, 3.8) is 0 Å². The summed E-state index contributed by atoms with van der Waals surface area (Å²) in [7, 11) is 0. The van der Waals surface area contributed by atoms with Gasteiger partial charge in [0.15, 0.2) is 11.6 Å². The molecule has 0 bridgehead atoms. The first-order valence-electron chi connectivity index (χ1n) is 7.44. The summed E-state index contributed by atoms with van der Waals surface area (Å²) in [6, 6.07) is 20.0. The molecule has 0 atom stereocenters. The van der Waals surface area contributed by atoms with Crippen molar-refractivity contribution in [2.24, 2.45) is 4.99 Å². The third-order valence-corrected chi connectivity index (χ3v) is 3.91. The average Bonchev–Trinajstić information content (AvgIpc) is 2.58. The summed E-state index contributed by atoms with van der Waals surface area (Å²) in [6.07, 6.45) is 1.72. The molecule has 0 heterocycles. The van der Waals surface area contributed by atoms with E-state index in [1.54, 1.807) is 24.4 Å². The van der Waals surface area contributed by atoms with E-state index in [0.29, 0.717) is 10.2 Å². The van der Waals surface area contributed by atoms with Crippen LogP contribution < -0.4 is 4.74 Å². The number of nitrogens with zero attached hydrogens (tertiary/aromatic N) is 1. The largest absolute Gasteiger partial charge is 0.454 e. The van der Waals surface area contributed by atoms with Gasteiger partial charge >= 0.3 is 0 Å². The molecule has 0 N–H and O–H groups in total. The quantitative estimate of drug-likeness (QED) is 0.475. The molecule has 3 rings (SSSR count). The van der Waals surface area contributed by atoms with Crippen molar-refractivity contribution in [1.29, 1.82) is 0 Å². The van der Waals surface area contributed by atoms with Crippen LogP contribution in [-0.2, 0) is 0 Å².